The van der Waals surface area contributed by atoms with Crippen LogP contribution in [-0.4, -0.2) is 23.9 Å². The van der Waals surface area contributed by atoms with Gasteiger partial charge in [-0.2, -0.15) is 0 Å². The molecule has 0 bridgehead atoms. The maximum absolute atomic E-state index is 13.8. The number of anilines is 1. The van der Waals surface area contributed by atoms with E-state index in [1.165, 1.54) is 36.3 Å². The first-order valence-corrected chi connectivity index (χ1v) is 13.2. The number of ether oxygens (including phenoxy) is 2. The molecule has 0 spiro atoms. The third-order valence-electron chi connectivity index (χ3n) is 7.02. The van der Waals surface area contributed by atoms with Gasteiger partial charge in [-0.25, -0.2) is 4.39 Å². The molecule has 5 rings (SSSR count). The number of hydrogen-bond donors (Lipinski definition) is 1. The van der Waals surface area contributed by atoms with E-state index in [-0.39, 0.29) is 16.7 Å². The first kappa shape index (κ1) is 27.6. The van der Waals surface area contributed by atoms with Crippen LogP contribution in [0.25, 0.3) is 5.76 Å². The van der Waals surface area contributed by atoms with Crippen molar-refractivity contribution in [3.63, 3.8) is 0 Å². The molecule has 208 valence electrons. The number of amides is 1. The van der Waals surface area contributed by atoms with Gasteiger partial charge in [0.1, 0.15) is 28.8 Å². The number of rotatable bonds is 6. The van der Waals surface area contributed by atoms with Crippen LogP contribution in [0.4, 0.5) is 10.1 Å². The fourth-order valence-electron chi connectivity index (χ4n) is 4.89. The Morgan fingerprint density at radius 1 is 0.854 bits per heavy atom. The molecule has 1 amide bonds. The number of para-hydroxylation sites is 1. The van der Waals surface area contributed by atoms with Crippen molar-refractivity contribution >= 4 is 23.1 Å². The molecule has 1 atom stereocenters. The van der Waals surface area contributed by atoms with E-state index in [0.29, 0.717) is 34.1 Å². The molecule has 1 heterocycles. The average Bonchev–Trinajstić information content (AvgIpc) is 3.23. The summed E-state index contributed by atoms with van der Waals surface area (Å²) in [4.78, 5) is 28.5. The summed E-state index contributed by atoms with van der Waals surface area (Å²) in [5, 5.41) is 11.8. The van der Waals surface area contributed by atoms with E-state index in [9.17, 15) is 19.1 Å². The Morgan fingerprint density at radius 2 is 1.54 bits per heavy atom. The molecule has 0 radical (unpaired) electrons. The molecule has 0 aliphatic carbocycles. The number of halogens is 1. The Labute approximate surface area is 238 Å². The molecule has 1 aliphatic heterocycles. The molecule has 4 aromatic carbocycles. The fraction of sp³-hybridized carbons (Fsp3) is 0.176. The van der Waals surface area contributed by atoms with Crippen LogP contribution >= 0.6 is 0 Å². The van der Waals surface area contributed by atoms with Crippen molar-refractivity contribution < 1.29 is 28.6 Å². The average molecular weight is 552 g/mol. The van der Waals surface area contributed by atoms with Gasteiger partial charge in [0, 0.05) is 5.69 Å². The van der Waals surface area contributed by atoms with Crippen LogP contribution in [0.2, 0.25) is 0 Å². The van der Waals surface area contributed by atoms with Crippen LogP contribution in [0.3, 0.4) is 0 Å². The van der Waals surface area contributed by atoms with E-state index in [1.807, 2.05) is 57.2 Å². The number of hydrogen-bond acceptors (Lipinski definition) is 5. The van der Waals surface area contributed by atoms with E-state index < -0.39 is 23.5 Å². The van der Waals surface area contributed by atoms with E-state index in [1.54, 1.807) is 36.4 Å². The largest absolute Gasteiger partial charge is 0.507 e. The van der Waals surface area contributed by atoms with Crippen molar-refractivity contribution in [2.24, 2.45) is 0 Å². The Kier molecular flexibility index (Phi) is 7.37. The Balaban J connectivity index is 1.72. The third-order valence-corrected chi connectivity index (χ3v) is 7.02. The highest BCUT2D eigenvalue weighted by molar-refractivity contribution is 6.51. The van der Waals surface area contributed by atoms with Crippen LogP contribution in [0.15, 0.2) is 103 Å². The lowest BCUT2D eigenvalue weighted by atomic mass is 9.85. The van der Waals surface area contributed by atoms with Crippen molar-refractivity contribution in [2.45, 2.75) is 32.2 Å². The summed E-state index contributed by atoms with van der Waals surface area (Å²) in [6.07, 6.45) is 0. The van der Waals surface area contributed by atoms with Crippen molar-refractivity contribution in [3.8, 4) is 17.2 Å². The summed E-state index contributed by atoms with van der Waals surface area (Å²) in [6, 6.07) is 25.8. The Bertz CT molecular complexity index is 1640. The summed E-state index contributed by atoms with van der Waals surface area (Å²) in [5.74, 6) is -1.12. The zero-order valence-electron chi connectivity index (χ0n) is 23.2. The normalized spacial score (nSPS) is 16.6. The minimum atomic E-state index is -1.03. The molecule has 41 heavy (non-hydrogen) atoms. The van der Waals surface area contributed by atoms with Crippen LogP contribution in [-0.2, 0) is 15.0 Å². The molecular formula is C34H30FNO5. The summed E-state index contributed by atoms with van der Waals surface area (Å²) in [7, 11) is 1.47. The van der Waals surface area contributed by atoms with Gasteiger partial charge in [-0.15, -0.1) is 0 Å². The van der Waals surface area contributed by atoms with Crippen LogP contribution in [0, 0.1) is 5.82 Å². The number of carbonyl (C=O) groups is 2. The first-order chi connectivity index (χ1) is 19.6. The predicted octanol–water partition coefficient (Wildman–Crippen LogP) is 7.55. The molecule has 0 saturated carbocycles. The highest BCUT2D eigenvalue weighted by Crippen LogP contribution is 2.44. The minimum absolute atomic E-state index is 0.111. The lowest BCUT2D eigenvalue weighted by molar-refractivity contribution is -0.132. The van der Waals surface area contributed by atoms with E-state index >= 15 is 0 Å². The maximum Gasteiger partial charge on any atom is 0.300 e. The van der Waals surface area contributed by atoms with Crippen LogP contribution < -0.4 is 14.4 Å². The molecule has 0 aromatic heterocycles. The second-order valence-electron chi connectivity index (χ2n) is 10.8. The van der Waals surface area contributed by atoms with Gasteiger partial charge < -0.3 is 14.6 Å². The van der Waals surface area contributed by atoms with Gasteiger partial charge in [-0.3, -0.25) is 14.5 Å². The van der Waals surface area contributed by atoms with Crippen molar-refractivity contribution in [2.75, 3.05) is 12.0 Å². The van der Waals surface area contributed by atoms with Gasteiger partial charge in [-0.1, -0.05) is 57.2 Å². The highest BCUT2D eigenvalue weighted by atomic mass is 19.1. The molecule has 1 fully saturated rings. The van der Waals surface area contributed by atoms with Gasteiger partial charge in [0.2, 0.25) is 0 Å². The number of carbonyl (C=O) groups excluding carboxylic acids is 2. The molecule has 6 nitrogen and oxygen atoms in total. The zero-order chi connectivity index (χ0) is 29.3. The van der Waals surface area contributed by atoms with E-state index in [2.05, 4.69) is 0 Å². The van der Waals surface area contributed by atoms with Gasteiger partial charge >= 0.3 is 0 Å². The van der Waals surface area contributed by atoms with Crippen LogP contribution in [0.5, 0.6) is 17.2 Å². The first-order valence-electron chi connectivity index (χ1n) is 13.2. The molecule has 1 aliphatic rings. The Morgan fingerprint density at radius 3 is 2.20 bits per heavy atom. The molecule has 4 aromatic rings. The number of aliphatic hydroxyl groups is 1. The lowest BCUT2D eigenvalue weighted by Crippen LogP contribution is -2.29. The van der Waals surface area contributed by atoms with Gasteiger partial charge in [-0.05, 0) is 77.2 Å². The number of methoxy groups -OCH3 is 1. The molecule has 1 saturated heterocycles. The van der Waals surface area contributed by atoms with Gasteiger partial charge in [0.15, 0.2) is 0 Å². The molecule has 1 N–H and O–H groups in total. The number of nitrogens with zero attached hydrogens (tertiary/aromatic N) is 1. The SMILES string of the molecule is COc1ccc(C(C)(C)C)cc1/C(O)=C1\C(=O)C(=O)N(c2ccc(F)cc2)C1c1cccc(Oc2ccccc2)c1. The van der Waals surface area contributed by atoms with E-state index in [4.69, 9.17) is 9.47 Å². The van der Waals surface area contributed by atoms with Gasteiger partial charge in [0.05, 0.1) is 24.3 Å². The summed E-state index contributed by atoms with van der Waals surface area (Å²) in [5.41, 5.74) is 1.66. The molecule has 1 unspecified atom stereocenters. The topological polar surface area (TPSA) is 76.1 Å². The third kappa shape index (κ3) is 5.43. The van der Waals surface area contributed by atoms with Crippen LogP contribution in [0.1, 0.15) is 43.5 Å². The number of Topliss-reactive ketones (excluding diaryl/α,β-unsaturated/α-hetero) is 1. The second-order valence-corrected chi connectivity index (χ2v) is 10.8. The lowest BCUT2D eigenvalue weighted by Gasteiger charge is -2.26. The number of ketones is 1. The van der Waals surface area contributed by atoms with E-state index in [0.717, 1.165) is 5.56 Å². The minimum Gasteiger partial charge on any atom is -0.507 e. The Hall–Kier alpha value is -4.91. The predicted molar refractivity (Wildman–Crippen MR) is 156 cm³/mol. The van der Waals surface area contributed by atoms with Gasteiger partial charge in [0.25, 0.3) is 11.7 Å². The fourth-order valence-corrected chi connectivity index (χ4v) is 4.89. The quantitative estimate of drug-likeness (QED) is 0.152. The molecule has 7 heteroatoms. The van der Waals surface area contributed by atoms with Crippen molar-refractivity contribution in [1.29, 1.82) is 0 Å². The second kappa shape index (κ2) is 10.9. The molecular weight excluding hydrogens is 521 g/mol. The smallest absolute Gasteiger partial charge is 0.300 e. The monoisotopic (exact) mass is 551 g/mol. The summed E-state index contributed by atoms with van der Waals surface area (Å²) >= 11 is 0. The maximum atomic E-state index is 13.8. The number of benzene rings is 4. The zero-order valence-corrected chi connectivity index (χ0v) is 23.2. The number of aliphatic hydroxyl groups excluding tert-OH is 1. The van der Waals surface area contributed by atoms with Crippen molar-refractivity contribution in [1.82, 2.24) is 0 Å². The highest BCUT2D eigenvalue weighted by Gasteiger charge is 2.47. The standard InChI is InChI=1S/C34H30FNO5/c1-34(2,3)22-13-18-28(40-4)27(20-22)31(37)29-30(36(33(39)32(29)38)24-16-14-23(35)15-17-24)21-9-8-12-26(19-21)41-25-10-6-5-7-11-25/h5-20,30,37H,1-4H3/b31-29+. The summed E-state index contributed by atoms with van der Waals surface area (Å²) < 4.78 is 25.4. The summed E-state index contributed by atoms with van der Waals surface area (Å²) in [6.45, 7) is 6.10. The van der Waals surface area contributed by atoms with Crippen molar-refractivity contribution in [3.05, 3.63) is 125 Å².